The van der Waals surface area contributed by atoms with Crippen LogP contribution in [-0.2, 0) is 9.53 Å². The zero-order chi connectivity index (χ0) is 13.7. The summed E-state index contributed by atoms with van der Waals surface area (Å²) in [4.78, 5) is 33.4. The van der Waals surface area contributed by atoms with Gasteiger partial charge in [0.15, 0.2) is 0 Å². The summed E-state index contributed by atoms with van der Waals surface area (Å²) in [6.07, 6.45) is 7.50. The molecule has 2 rings (SSSR count). The molecule has 1 aromatic rings. The van der Waals surface area contributed by atoms with Gasteiger partial charge in [-0.2, -0.15) is 0 Å². The van der Waals surface area contributed by atoms with Gasteiger partial charge in [0.1, 0.15) is 5.69 Å². The predicted octanol–water partition coefficient (Wildman–Crippen LogP) is 1.03. The van der Waals surface area contributed by atoms with Crippen molar-refractivity contribution in [3.63, 3.8) is 0 Å². The molecule has 1 fully saturated rings. The fourth-order valence-corrected chi connectivity index (χ4v) is 2.31. The Bertz CT molecular complexity index is 450. The second-order valence-electron chi connectivity index (χ2n) is 4.52. The topological polar surface area (TPSA) is 72.4 Å². The van der Waals surface area contributed by atoms with Gasteiger partial charge in [-0.05, 0) is 19.3 Å². The molecular formula is C13H17N3O3. The molecule has 1 atom stereocenters. The third kappa shape index (κ3) is 3.27. The van der Waals surface area contributed by atoms with E-state index >= 15 is 0 Å². The molecule has 102 valence electrons. The normalized spacial score (nSPS) is 19.0. The predicted molar refractivity (Wildman–Crippen MR) is 67.3 cm³/mol. The first-order valence-electron chi connectivity index (χ1n) is 6.36. The lowest BCUT2D eigenvalue weighted by atomic mass is 9.99. The summed E-state index contributed by atoms with van der Waals surface area (Å²) in [7, 11) is 1.36. The quantitative estimate of drug-likeness (QED) is 0.762. The molecule has 0 radical (unpaired) electrons. The number of hydrogen-bond acceptors (Lipinski definition) is 5. The van der Waals surface area contributed by atoms with E-state index in [1.807, 2.05) is 0 Å². The summed E-state index contributed by atoms with van der Waals surface area (Å²) in [5, 5.41) is 0. The molecule has 19 heavy (non-hydrogen) atoms. The van der Waals surface area contributed by atoms with Crippen molar-refractivity contribution >= 4 is 11.9 Å². The van der Waals surface area contributed by atoms with E-state index in [1.54, 1.807) is 4.90 Å². The van der Waals surface area contributed by atoms with Crippen LogP contribution in [0.2, 0.25) is 0 Å². The largest absolute Gasteiger partial charge is 0.469 e. The fraction of sp³-hybridized carbons (Fsp3) is 0.538. The van der Waals surface area contributed by atoms with Crippen LogP contribution in [0.1, 0.15) is 36.2 Å². The number of esters is 1. The SMILES string of the molecule is COC(=O)CC1CCCCN1C(=O)c1cnccn1. The van der Waals surface area contributed by atoms with Crippen molar-refractivity contribution in [3.8, 4) is 0 Å². The van der Waals surface area contributed by atoms with Crippen LogP contribution in [0.4, 0.5) is 0 Å². The summed E-state index contributed by atoms with van der Waals surface area (Å²) >= 11 is 0. The van der Waals surface area contributed by atoms with Crippen LogP contribution in [0, 0.1) is 0 Å². The van der Waals surface area contributed by atoms with Crippen molar-refractivity contribution in [1.82, 2.24) is 14.9 Å². The van der Waals surface area contributed by atoms with Crippen LogP contribution in [0.15, 0.2) is 18.6 Å². The average molecular weight is 263 g/mol. The molecule has 6 nitrogen and oxygen atoms in total. The molecule has 0 N–H and O–H groups in total. The van der Waals surface area contributed by atoms with E-state index < -0.39 is 0 Å². The van der Waals surface area contributed by atoms with Gasteiger partial charge in [-0.15, -0.1) is 0 Å². The Morgan fingerprint density at radius 2 is 2.26 bits per heavy atom. The van der Waals surface area contributed by atoms with E-state index in [4.69, 9.17) is 0 Å². The number of likely N-dealkylation sites (tertiary alicyclic amines) is 1. The second-order valence-corrected chi connectivity index (χ2v) is 4.52. The van der Waals surface area contributed by atoms with E-state index in [9.17, 15) is 9.59 Å². The summed E-state index contributed by atoms with van der Waals surface area (Å²) in [6, 6.07) is -0.101. The van der Waals surface area contributed by atoms with Crippen LogP contribution in [0.3, 0.4) is 0 Å². The van der Waals surface area contributed by atoms with Gasteiger partial charge in [-0.1, -0.05) is 0 Å². The first-order valence-corrected chi connectivity index (χ1v) is 6.36. The van der Waals surface area contributed by atoms with E-state index in [1.165, 1.54) is 25.7 Å². The molecular weight excluding hydrogens is 246 g/mol. The Hall–Kier alpha value is -1.98. The number of methoxy groups -OCH3 is 1. The fourth-order valence-electron chi connectivity index (χ4n) is 2.31. The van der Waals surface area contributed by atoms with Crippen molar-refractivity contribution < 1.29 is 14.3 Å². The lowest BCUT2D eigenvalue weighted by molar-refractivity contribution is -0.142. The number of ether oxygens (including phenoxy) is 1. The molecule has 0 bridgehead atoms. The Morgan fingerprint density at radius 3 is 2.95 bits per heavy atom. The highest BCUT2D eigenvalue weighted by Crippen LogP contribution is 2.21. The molecule has 6 heteroatoms. The molecule has 0 aromatic carbocycles. The summed E-state index contributed by atoms with van der Waals surface area (Å²) in [6.45, 7) is 0.650. The van der Waals surface area contributed by atoms with Gasteiger partial charge in [-0.3, -0.25) is 14.6 Å². The monoisotopic (exact) mass is 263 g/mol. The van der Waals surface area contributed by atoms with Crippen LogP contribution in [0.25, 0.3) is 0 Å². The molecule has 1 saturated heterocycles. The molecule has 1 unspecified atom stereocenters. The summed E-state index contributed by atoms with van der Waals surface area (Å²) < 4.78 is 4.68. The maximum absolute atomic E-state index is 12.4. The lowest BCUT2D eigenvalue weighted by Crippen LogP contribution is -2.45. The van der Waals surface area contributed by atoms with Crippen LogP contribution in [-0.4, -0.2) is 46.4 Å². The molecule has 0 saturated carbocycles. The Morgan fingerprint density at radius 1 is 1.42 bits per heavy atom. The highest BCUT2D eigenvalue weighted by molar-refractivity contribution is 5.92. The van der Waals surface area contributed by atoms with Crippen molar-refractivity contribution in [3.05, 3.63) is 24.3 Å². The van der Waals surface area contributed by atoms with Crippen molar-refractivity contribution in [2.75, 3.05) is 13.7 Å². The van der Waals surface area contributed by atoms with Gasteiger partial charge in [0.2, 0.25) is 0 Å². The number of hydrogen-bond donors (Lipinski definition) is 0. The maximum Gasteiger partial charge on any atom is 0.307 e. The Labute approximate surface area is 111 Å². The minimum absolute atomic E-state index is 0.101. The van der Waals surface area contributed by atoms with Crippen molar-refractivity contribution in [2.45, 2.75) is 31.7 Å². The number of carbonyl (C=O) groups excluding carboxylic acids is 2. The highest BCUT2D eigenvalue weighted by atomic mass is 16.5. The summed E-state index contributed by atoms with van der Waals surface area (Å²) in [5.41, 5.74) is 0.319. The van der Waals surface area contributed by atoms with Crippen LogP contribution in [0.5, 0.6) is 0 Å². The number of piperidine rings is 1. The van der Waals surface area contributed by atoms with E-state index in [0.29, 0.717) is 12.2 Å². The standard InChI is InChI=1S/C13H17N3O3/c1-19-12(17)8-10-4-2-3-7-16(10)13(18)11-9-14-5-6-15-11/h5-6,9-10H,2-4,7-8H2,1H3. The van der Waals surface area contributed by atoms with Crippen LogP contribution < -0.4 is 0 Å². The minimum Gasteiger partial charge on any atom is -0.469 e. The van der Waals surface area contributed by atoms with Crippen molar-refractivity contribution in [2.24, 2.45) is 0 Å². The smallest absolute Gasteiger partial charge is 0.307 e. The zero-order valence-corrected chi connectivity index (χ0v) is 10.9. The maximum atomic E-state index is 12.4. The van der Waals surface area contributed by atoms with E-state index in [2.05, 4.69) is 14.7 Å². The van der Waals surface area contributed by atoms with Gasteiger partial charge in [0, 0.05) is 25.0 Å². The number of aromatic nitrogens is 2. The van der Waals surface area contributed by atoms with Gasteiger partial charge in [0.05, 0.1) is 19.7 Å². The average Bonchev–Trinajstić information content (AvgIpc) is 2.48. The Balaban J connectivity index is 2.11. The lowest BCUT2D eigenvalue weighted by Gasteiger charge is -2.34. The zero-order valence-electron chi connectivity index (χ0n) is 10.9. The third-order valence-electron chi connectivity index (χ3n) is 3.30. The third-order valence-corrected chi connectivity index (χ3v) is 3.30. The molecule has 1 amide bonds. The highest BCUT2D eigenvalue weighted by Gasteiger charge is 2.30. The van der Waals surface area contributed by atoms with E-state index in [0.717, 1.165) is 19.3 Å². The number of carbonyl (C=O) groups is 2. The van der Waals surface area contributed by atoms with Gasteiger partial charge in [0.25, 0.3) is 5.91 Å². The molecule has 0 spiro atoms. The second kappa shape index (κ2) is 6.26. The molecule has 1 aliphatic rings. The molecule has 0 aliphatic carbocycles. The molecule has 1 aromatic heterocycles. The number of rotatable bonds is 3. The number of amides is 1. The van der Waals surface area contributed by atoms with Crippen LogP contribution >= 0.6 is 0 Å². The number of nitrogens with zero attached hydrogens (tertiary/aromatic N) is 3. The van der Waals surface area contributed by atoms with Gasteiger partial charge in [-0.25, -0.2) is 4.98 Å². The molecule has 2 heterocycles. The molecule has 1 aliphatic heterocycles. The van der Waals surface area contributed by atoms with Crippen molar-refractivity contribution in [1.29, 1.82) is 0 Å². The van der Waals surface area contributed by atoms with Gasteiger partial charge < -0.3 is 9.64 Å². The first kappa shape index (κ1) is 13.5. The Kier molecular flexibility index (Phi) is 4.43. The summed E-state index contributed by atoms with van der Waals surface area (Å²) in [5.74, 6) is -0.453. The minimum atomic E-state index is -0.288. The van der Waals surface area contributed by atoms with Gasteiger partial charge >= 0.3 is 5.97 Å². The van der Waals surface area contributed by atoms with E-state index in [-0.39, 0.29) is 24.3 Å². The first-order chi connectivity index (χ1) is 9.22.